The van der Waals surface area contributed by atoms with Gasteiger partial charge in [0.05, 0.1) is 6.26 Å². The lowest BCUT2D eigenvalue weighted by Crippen LogP contribution is -2.20. The van der Waals surface area contributed by atoms with Gasteiger partial charge in [-0.1, -0.05) is 23.7 Å². The van der Waals surface area contributed by atoms with Gasteiger partial charge >= 0.3 is 0 Å². The summed E-state index contributed by atoms with van der Waals surface area (Å²) in [5.74, 6) is 1.06. The Hall–Kier alpha value is -1.54. The van der Waals surface area contributed by atoms with Crippen LogP contribution in [-0.2, 0) is 9.53 Å². The van der Waals surface area contributed by atoms with Crippen molar-refractivity contribution in [3.63, 3.8) is 0 Å². The molecule has 18 heavy (non-hydrogen) atoms. The van der Waals surface area contributed by atoms with Crippen molar-refractivity contribution in [1.29, 1.82) is 0 Å². The number of hydrogen-bond acceptors (Lipinski definition) is 2. The van der Waals surface area contributed by atoms with Crippen LogP contribution in [0.1, 0.15) is 30.7 Å². The highest BCUT2D eigenvalue weighted by atomic mass is 35.5. The molecule has 0 radical (unpaired) electrons. The maximum Gasteiger partial charge on any atom is 0.163 e. The van der Waals surface area contributed by atoms with Crippen molar-refractivity contribution in [3.8, 4) is 0 Å². The van der Waals surface area contributed by atoms with Crippen LogP contribution in [0.25, 0.3) is 0 Å². The van der Waals surface area contributed by atoms with Crippen LogP contribution in [0, 0.1) is 0 Å². The minimum Gasteiger partial charge on any atom is -0.469 e. The Kier molecular flexibility index (Phi) is 2.96. The summed E-state index contributed by atoms with van der Waals surface area (Å²) in [6, 6.07) is 7.64. The molecule has 0 amide bonds. The molecule has 1 aliphatic carbocycles. The van der Waals surface area contributed by atoms with E-state index in [2.05, 4.69) is 0 Å². The molecule has 0 spiro atoms. The fourth-order valence-corrected chi connectivity index (χ4v) is 2.67. The van der Waals surface area contributed by atoms with Gasteiger partial charge in [-0.2, -0.15) is 0 Å². The van der Waals surface area contributed by atoms with Crippen molar-refractivity contribution in [1.82, 2.24) is 0 Å². The van der Waals surface area contributed by atoms with Gasteiger partial charge in [0, 0.05) is 29.4 Å². The number of ether oxygens (including phenoxy) is 1. The lowest BCUT2D eigenvalue weighted by atomic mass is 9.82. The third-order valence-corrected chi connectivity index (χ3v) is 3.68. The summed E-state index contributed by atoms with van der Waals surface area (Å²) in [6.45, 7) is 0. The van der Waals surface area contributed by atoms with Crippen molar-refractivity contribution in [3.05, 3.63) is 58.5 Å². The molecule has 2 nitrogen and oxygen atoms in total. The summed E-state index contributed by atoms with van der Waals surface area (Å²) in [5.41, 5.74) is 1.91. The largest absolute Gasteiger partial charge is 0.469 e. The molecular weight excluding hydrogens is 248 g/mol. The molecule has 1 unspecified atom stereocenters. The quantitative estimate of drug-likeness (QED) is 0.764. The maximum atomic E-state index is 12.1. The number of carbonyl (C=O) groups excluding carboxylic acids is 1. The SMILES string of the molecule is O=C1CCCC2=C1C(c1ccc(Cl)cc1)C=CO2. The van der Waals surface area contributed by atoms with Crippen LogP contribution in [0.4, 0.5) is 0 Å². The number of rotatable bonds is 1. The zero-order valence-corrected chi connectivity index (χ0v) is 10.6. The van der Waals surface area contributed by atoms with Crippen LogP contribution >= 0.6 is 11.6 Å². The van der Waals surface area contributed by atoms with Crippen LogP contribution in [0.5, 0.6) is 0 Å². The molecule has 1 aromatic rings. The molecule has 0 fully saturated rings. The van der Waals surface area contributed by atoms with Crippen molar-refractivity contribution in [2.45, 2.75) is 25.2 Å². The van der Waals surface area contributed by atoms with Gasteiger partial charge in [0.1, 0.15) is 5.76 Å². The first-order chi connectivity index (χ1) is 8.75. The molecule has 0 saturated carbocycles. The van der Waals surface area contributed by atoms with E-state index in [9.17, 15) is 4.79 Å². The van der Waals surface area contributed by atoms with Gasteiger partial charge in [0.2, 0.25) is 0 Å². The van der Waals surface area contributed by atoms with Crippen molar-refractivity contribution in [2.24, 2.45) is 0 Å². The van der Waals surface area contributed by atoms with Crippen LogP contribution in [0.3, 0.4) is 0 Å². The van der Waals surface area contributed by atoms with Gasteiger partial charge in [0.25, 0.3) is 0 Å². The zero-order chi connectivity index (χ0) is 12.5. The minimum atomic E-state index is 0.0128. The summed E-state index contributed by atoms with van der Waals surface area (Å²) in [5, 5.41) is 0.707. The van der Waals surface area contributed by atoms with E-state index in [4.69, 9.17) is 16.3 Å². The Bertz CT molecular complexity index is 540. The summed E-state index contributed by atoms with van der Waals surface area (Å²) in [4.78, 5) is 12.1. The highest BCUT2D eigenvalue weighted by Gasteiger charge is 2.30. The summed E-state index contributed by atoms with van der Waals surface area (Å²) >= 11 is 5.89. The van der Waals surface area contributed by atoms with E-state index in [0.29, 0.717) is 11.4 Å². The first-order valence-corrected chi connectivity index (χ1v) is 6.48. The Balaban J connectivity index is 2.02. The molecule has 2 aliphatic rings. The topological polar surface area (TPSA) is 26.3 Å². The Morgan fingerprint density at radius 3 is 2.72 bits per heavy atom. The third-order valence-electron chi connectivity index (χ3n) is 3.43. The Morgan fingerprint density at radius 2 is 1.94 bits per heavy atom. The maximum absolute atomic E-state index is 12.1. The summed E-state index contributed by atoms with van der Waals surface area (Å²) < 4.78 is 5.48. The van der Waals surface area contributed by atoms with Gasteiger partial charge in [-0.15, -0.1) is 0 Å². The standard InChI is InChI=1S/C15H13ClO2/c16-11-6-4-10(5-7-11)12-8-9-18-14-3-1-2-13(17)15(12)14/h4-9,12H,1-3H2. The monoisotopic (exact) mass is 260 g/mol. The second-order valence-corrected chi connectivity index (χ2v) is 5.03. The lowest BCUT2D eigenvalue weighted by molar-refractivity contribution is -0.116. The highest BCUT2D eigenvalue weighted by Crippen LogP contribution is 2.38. The zero-order valence-electron chi connectivity index (χ0n) is 9.86. The van der Waals surface area contributed by atoms with Gasteiger partial charge in [-0.3, -0.25) is 4.79 Å². The van der Waals surface area contributed by atoms with Crippen LogP contribution in [-0.4, -0.2) is 5.78 Å². The number of hydrogen-bond donors (Lipinski definition) is 0. The first kappa shape index (κ1) is 11.5. The smallest absolute Gasteiger partial charge is 0.163 e. The number of benzene rings is 1. The highest BCUT2D eigenvalue weighted by molar-refractivity contribution is 6.30. The molecule has 3 heteroatoms. The average molecular weight is 261 g/mol. The number of allylic oxidation sites excluding steroid dienone is 3. The van der Waals surface area contributed by atoms with E-state index in [-0.39, 0.29) is 11.7 Å². The molecule has 0 aromatic heterocycles. The third kappa shape index (κ3) is 1.97. The number of Topliss-reactive ketones (excluding diaryl/α,β-unsaturated/α-hetero) is 1. The van der Waals surface area contributed by atoms with E-state index in [1.165, 1.54) is 0 Å². The molecular formula is C15H13ClO2. The van der Waals surface area contributed by atoms with E-state index < -0.39 is 0 Å². The summed E-state index contributed by atoms with van der Waals surface area (Å²) in [6.07, 6.45) is 6.00. The molecule has 1 aromatic carbocycles. The molecule has 92 valence electrons. The van der Waals surface area contributed by atoms with Crippen molar-refractivity contribution < 1.29 is 9.53 Å². The van der Waals surface area contributed by atoms with Crippen molar-refractivity contribution >= 4 is 17.4 Å². The lowest BCUT2D eigenvalue weighted by Gasteiger charge is -2.27. The predicted molar refractivity (Wildman–Crippen MR) is 70.3 cm³/mol. The minimum absolute atomic E-state index is 0.0128. The number of carbonyl (C=O) groups is 1. The van der Waals surface area contributed by atoms with Crippen LogP contribution in [0.2, 0.25) is 5.02 Å². The summed E-state index contributed by atoms with van der Waals surface area (Å²) in [7, 11) is 0. The Labute approximate surface area is 111 Å². The number of ketones is 1. The molecule has 1 heterocycles. The molecule has 3 rings (SSSR count). The second kappa shape index (κ2) is 4.62. The normalized spacial score (nSPS) is 22.7. The van der Waals surface area contributed by atoms with E-state index >= 15 is 0 Å². The van der Waals surface area contributed by atoms with Gasteiger partial charge in [-0.05, 0) is 30.2 Å². The predicted octanol–water partition coefficient (Wildman–Crippen LogP) is 3.97. The van der Waals surface area contributed by atoms with E-state index in [1.54, 1.807) is 6.26 Å². The van der Waals surface area contributed by atoms with Gasteiger partial charge in [0.15, 0.2) is 5.78 Å². The fourth-order valence-electron chi connectivity index (χ4n) is 2.55. The molecule has 0 saturated heterocycles. The number of halogens is 1. The fraction of sp³-hybridized carbons (Fsp3) is 0.267. The molecule has 1 atom stereocenters. The molecule has 1 aliphatic heterocycles. The van der Waals surface area contributed by atoms with E-state index in [0.717, 1.165) is 29.7 Å². The van der Waals surface area contributed by atoms with E-state index in [1.807, 2.05) is 30.3 Å². The molecule has 0 bridgehead atoms. The van der Waals surface area contributed by atoms with Crippen LogP contribution in [0.15, 0.2) is 47.9 Å². The first-order valence-electron chi connectivity index (χ1n) is 6.11. The van der Waals surface area contributed by atoms with Gasteiger partial charge < -0.3 is 4.74 Å². The van der Waals surface area contributed by atoms with Crippen molar-refractivity contribution in [2.75, 3.05) is 0 Å². The van der Waals surface area contributed by atoms with Crippen LogP contribution < -0.4 is 0 Å². The Morgan fingerprint density at radius 1 is 1.17 bits per heavy atom. The second-order valence-electron chi connectivity index (χ2n) is 4.59. The average Bonchev–Trinajstić information content (AvgIpc) is 2.39. The molecule has 0 N–H and O–H groups in total. The van der Waals surface area contributed by atoms with Gasteiger partial charge in [-0.25, -0.2) is 0 Å².